The van der Waals surface area contributed by atoms with Gasteiger partial charge in [0.25, 0.3) is 5.91 Å². The molecule has 0 saturated heterocycles. The fourth-order valence-electron chi connectivity index (χ4n) is 1.69. The summed E-state index contributed by atoms with van der Waals surface area (Å²) in [6.07, 6.45) is 3.86. The second kappa shape index (κ2) is 6.47. The molecule has 0 bridgehead atoms. The Balaban J connectivity index is 1.96. The quantitative estimate of drug-likeness (QED) is 0.849. The lowest BCUT2D eigenvalue weighted by molar-refractivity contribution is 0.0954. The first-order valence-electron chi connectivity index (χ1n) is 6.06. The van der Waals surface area contributed by atoms with Crippen LogP contribution in [0.4, 0.5) is 5.82 Å². The van der Waals surface area contributed by atoms with Gasteiger partial charge in [0.2, 0.25) is 0 Å². The molecule has 2 aromatic rings. The number of hydrogen-bond donors (Lipinski definition) is 2. The lowest BCUT2D eigenvalue weighted by atomic mass is 10.2. The Morgan fingerprint density at radius 3 is 2.90 bits per heavy atom. The Hall–Kier alpha value is -1.96. The molecular formula is C12H15BrN6O. The lowest BCUT2D eigenvalue weighted by Crippen LogP contribution is -2.27. The normalized spacial score (nSPS) is 10.3. The van der Waals surface area contributed by atoms with Gasteiger partial charge in [0, 0.05) is 37.7 Å². The Labute approximate surface area is 124 Å². The van der Waals surface area contributed by atoms with Crippen molar-refractivity contribution in [3.05, 3.63) is 34.5 Å². The van der Waals surface area contributed by atoms with Crippen molar-refractivity contribution in [2.24, 2.45) is 7.05 Å². The van der Waals surface area contributed by atoms with Gasteiger partial charge < -0.3 is 10.6 Å². The number of aromatic nitrogens is 4. The number of aryl methyl sites for hydroxylation is 1. The number of nitrogens with one attached hydrogen (secondary N) is 2. The number of anilines is 1. The molecule has 7 nitrogen and oxygen atoms in total. The number of pyridine rings is 1. The summed E-state index contributed by atoms with van der Waals surface area (Å²) in [5.41, 5.74) is 0.496. The minimum Gasteiger partial charge on any atom is -0.372 e. The van der Waals surface area contributed by atoms with E-state index in [1.807, 2.05) is 0 Å². The van der Waals surface area contributed by atoms with Gasteiger partial charge in [-0.15, -0.1) is 0 Å². The Kier molecular flexibility index (Phi) is 4.67. The molecule has 2 rings (SSSR count). The highest BCUT2D eigenvalue weighted by Crippen LogP contribution is 2.17. The average Bonchev–Trinajstić information content (AvgIpc) is 2.84. The Morgan fingerprint density at radius 1 is 1.45 bits per heavy atom. The van der Waals surface area contributed by atoms with E-state index >= 15 is 0 Å². The summed E-state index contributed by atoms with van der Waals surface area (Å²) in [7, 11) is 3.53. The summed E-state index contributed by atoms with van der Waals surface area (Å²) in [6, 6.07) is 1.73. The number of rotatable bonds is 5. The van der Waals surface area contributed by atoms with Crippen molar-refractivity contribution in [3.8, 4) is 0 Å². The van der Waals surface area contributed by atoms with Crippen LogP contribution in [-0.4, -0.2) is 39.2 Å². The van der Waals surface area contributed by atoms with Gasteiger partial charge in [-0.1, -0.05) is 0 Å². The molecule has 0 aliphatic rings. The topological polar surface area (TPSA) is 84.7 Å². The van der Waals surface area contributed by atoms with Crippen LogP contribution in [0.25, 0.3) is 0 Å². The molecule has 0 unspecified atom stereocenters. The molecule has 8 heteroatoms. The number of carbonyl (C=O) groups is 1. The minimum absolute atomic E-state index is 0.181. The van der Waals surface area contributed by atoms with Gasteiger partial charge in [-0.3, -0.25) is 9.48 Å². The molecule has 0 aliphatic carbocycles. The summed E-state index contributed by atoms with van der Waals surface area (Å²) in [4.78, 5) is 20.4. The van der Waals surface area contributed by atoms with E-state index < -0.39 is 0 Å². The largest absolute Gasteiger partial charge is 0.372 e. The summed E-state index contributed by atoms with van der Waals surface area (Å²) < 4.78 is 2.39. The maximum atomic E-state index is 12.1. The number of carbonyl (C=O) groups excluding carboxylic acids is 1. The standard InChI is InChI=1S/C12H15BrN6O/c1-14-11-9(5-8(13)6-16-11)12(20)15-4-3-10-17-7-19(2)18-10/h5-7H,3-4H2,1-2H3,(H,14,16)(H,15,20). The Bertz CT molecular complexity index is 612. The van der Waals surface area contributed by atoms with Crippen molar-refractivity contribution >= 4 is 27.7 Å². The summed E-state index contributed by atoms with van der Waals surface area (Å²) in [5, 5.41) is 9.87. The second-order valence-electron chi connectivity index (χ2n) is 4.14. The van der Waals surface area contributed by atoms with Gasteiger partial charge in [-0.25, -0.2) is 9.97 Å². The SMILES string of the molecule is CNc1ncc(Br)cc1C(=O)NCCc1ncn(C)n1. The second-order valence-corrected chi connectivity index (χ2v) is 5.06. The van der Waals surface area contributed by atoms with E-state index in [-0.39, 0.29) is 5.91 Å². The highest BCUT2D eigenvalue weighted by molar-refractivity contribution is 9.10. The maximum absolute atomic E-state index is 12.1. The summed E-state index contributed by atoms with van der Waals surface area (Å²) >= 11 is 3.31. The molecule has 20 heavy (non-hydrogen) atoms. The zero-order chi connectivity index (χ0) is 14.5. The van der Waals surface area contributed by atoms with Crippen LogP contribution in [-0.2, 0) is 13.5 Å². The fourth-order valence-corrected chi connectivity index (χ4v) is 2.02. The maximum Gasteiger partial charge on any atom is 0.255 e. The van der Waals surface area contributed by atoms with E-state index in [1.54, 1.807) is 37.4 Å². The van der Waals surface area contributed by atoms with Crippen LogP contribution in [0.3, 0.4) is 0 Å². The predicted octanol–water partition coefficient (Wildman–Crippen LogP) is 0.987. The van der Waals surface area contributed by atoms with Crippen molar-refractivity contribution in [2.45, 2.75) is 6.42 Å². The van der Waals surface area contributed by atoms with Crippen molar-refractivity contribution < 1.29 is 4.79 Å². The van der Waals surface area contributed by atoms with Crippen LogP contribution >= 0.6 is 15.9 Å². The van der Waals surface area contributed by atoms with Crippen LogP contribution in [0.15, 0.2) is 23.1 Å². The van der Waals surface area contributed by atoms with Crippen molar-refractivity contribution in [2.75, 3.05) is 18.9 Å². The van der Waals surface area contributed by atoms with Gasteiger partial charge in [0.05, 0.1) is 5.56 Å². The molecule has 0 radical (unpaired) electrons. The molecule has 0 aliphatic heterocycles. The van der Waals surface area contributed by atoms with Crippen LogP contribution in [0, 0.1) is 0 Å². The van der Waals surface area contributed by atoms with Crippen molar-refractivity contribution in [1.82, 2.24) is 25.1 Å². The zero-order valence-corrected chi connectivity index (χ0v) is 12.8. The van der Waals surface area contributed by atoms with E-state index in [2.05, 4.69) is 41.6 Å². The van der Waals surface area contributed by atoms with E-state index in [1.165, 1.54) is 0 Å². The molecule has 2 N–H and O–H groups in total. The van der Waals surface area contributed by atoms with Crippen LogP contribution in [0.5, 0.6) is 0 Å². The molecule has 0 saturated carbocycles. The van der Waals surface area contributed by atoms with Gasteiger partial charge >= 0.3 is 0 Å². The molecule has 0 atom stereocenters. The summed E-state index contributed by atoms with van der Waals surface area (Å²) in [6.45, 7) is 0.471. The van der Waals surface area contributed by atoms with Crippen molar-refractivity contribution in [1.29, 1.82) is 0 Å². The third-order valence-electron chi connectivity index (χ3n) is 2.62. The molecule has 0 aromatic carbocycles. The van der Waals surface area contributed by atoms with Gasteiger partial charge in [0.1, 0.15) is 12.1 Å². The van der Waals surface area contributed by atoms with Crippen LogP contribution in [0.1, 0.15) is 16.2 Å². The Morgan fingerprint density at radius 2 is 2.25 bits per heavy atom. The number of hydrogen-bond acceptors (Lipinski definition) is 5. The minimum atomic E-state index is -0.181. The van der Waals surface area contributed by atoms with Gasteiger partial charge in [-0.2, -0.15) is 5.10 Å². The van der Waals surface area contributed by atoms with E-state index in [4.69, 9.17) is 0 Å². The van der Waals surface area contributed by atoms with Crippen LogP contribution < -0.4 is 10.6 Å². The fraction of sp³-hybridized carbons (Fsp3) is 0.333. The number of amides is 1. The highest BCUT2D eigenvalue weighted by Gasteiger charge is 2.12. The molecule has 0 spiro atoms. The predicted molar refractivity (Wildman–Crippen MR) is 78.5 cm³/mol. The molecule has 0 fully saturated rings. The first-order valence-corrected chi connectivity index (χ1v) is 6.85. The van der Waals surface area contributed by atoms with E-state index in [0.717, 1.165) is 4.47 Å². The van der Waals surface area contributed by atoms with Gasteiger partial charge in [0.15, 0.2) is 5.82 Å². The molecule has 2 aromatic heterocycles. The van der Waals surface area contributed by atoms with E-state index in [9.17, 15) is 4.79 Å². The molecular weight excluding hydrogens is 324 g/mol. The van der Waals surface area contributed by atoms with Gasteiger partial charge in [-0.05, 0) is 22.0 Å². The number of nitrogens with zero attached hydrogens (tertiary/aromatic N) is 4. The van der Waals surface area contributed by atoms with Crippen molar-refractivity contribution in [3.63, 3.8) is 0 Å². The first-order chi connectivity index (χ1) is 9.60. The average molecular weight is 339 g/mol. The van der Waals surface area contributed by atoms with Crippen LogP contribution in [0.2, 0.25) is 0 Å². The number of halogens is 1. The molecule has 1 amide bonds. The molecule has 106 valence electrons. The monoisotopic (exact) mass is 338 g/mol. The smallest absolute Gasteiger partial charge is 0.255 e. The third-order valence-corrected chi connectivity index (χ3v) is 3.05. The van der Waals surface area contributed by atoms with E-state index in [0.29, 0.717) is 30.2 Å². The zero-order valence-electron chi connectivity index (χ0n) is 11.2. The highest BCUT2D eigenvalue weighted by atomic mass is 79.9. The molecule has 2 heterocycles. The lowest BCUT2D eigenvalue weighted by Gasteiger charge is -2.08. The summed E-state index contributed by atoms with van der Waals surface area (Å²) in [5.74, 6) is 1.06. The third kappa shape index (κ3) is 3.53. The first kappa shape index (κ1) is 14.4.